The largest absolute Gasteiger partial charge is 0.464 e. The zero-order valence-corrected chi connectivity index (χ0v) is 16.2. The van der Waals surface area contributed by atoms with E-state index in [1.54, 1.807) is 17.1 Å². The Morgan fingerprint density at radius 2 is 2.04 bits per heavy atom. The summed E-state index contributed by atoms with van der Waals surface area (Å²) in [5.74, 6) is -0.741. The minimum Gasteiger partial charge on any atom is -0.464 e. The molecule has 140 valence electrons. The van der Waals surface area contributed by atoms with Gasteiger partial charge in [0.1, 0.15) is 16.7 Å². The Balaban J connectivity index is 1.36. The van der Waals surface area contributed by atoms with Crippen LogP contribution >= 0.6 is 23.1 Å². The molecule has 0 spiro atoms. The van der Waals surface area contributed by atoms with Gasteiger partial charge in [-0.2, -0.15) is 0 Å². The second-order valence-corrected chi connectivity index (χ2v) is 8.40. The second-order valence-electron chi connectivity index (χ2n) is 6.45. The molecule has 1 fully saturated rings. The molecule has 8 heteroatoms. The SMILES string of the molecule is O=C(NC1CCOC1=O)c1csc(-c2ccc3c(c2)Nc2ccccc2S3)n1. The smallest absolute Gasteiger partial charge is 0.328 e. The van der Waals surface area contributed by atoms with Crippen molar-refractivity contribution in [3.05, 3.63) is 53.5 Å². The molecular weight excluding hydrogens is 394 g/mol. The average Bonchev–Trinajstić information content (AvgIpc) is 3.36. The summed E-state index contributed by atoms with van der Waals surface area (Å²) < 4.78 is 4.87. The highest BCUT2D eigenvalue weighted by molar-refractivity contribution is 7.99. The third kappa shape index (κ3) is 3.14. The predicted octanol–water partition coefficient (Wildman–Crippen LogP) is 4.06. The topological polar surface area (TPSA) is 80.3 Å². The van der Waals surface area contributed by atoms with E-state index in [-0.39, 0.29) is 11.9 Å². The van der Waals surface area contributed by atoms with Crippen molar-refractivity contribution in [3.8, 4) is 10.6 Å². The molecule has 28 heavy (non-hydrogen) atoms. The molecule has 0 aliphatic carbocycles. The molecule has 5 rings (SSSR count). The Morgan fingerprint density at radius 3 is 2.89 bits per heavy atom. The summed E-state index contributed by atoms with van der Waals surface area (Å²) >= 11 is 3.13. The van der Waals surface area contributed by atoms with Crippen molar-refractivity contribution in [2.45, 2.75) is 22.3 Å². The lowest BCUT2D eigenvalue weighted by molar-refractivity contribution is -0.139. The Kier molecular flexibility index (Phi) is 4.29. The minimum atomic E-state index is -0.581. The van der Waals surface area contributed by atoms with Crippen molar-refractivity contribution < 1.29 is 14.3 Å². The molecule has 1 atom stereocenters. The number of carbonyl (C=O) groups is 2. The molecule has 2 aliphatic rings. The lowest BCUT2D eigenvalue weighted by Crippen LogP contribution is -2.38. The van der Waals surface area contributed by atoms with Crippen LogP contribution in [-0.4, -0.2) is 29.5 Å². The maximum Gasteiger partial charge on any atom is 0.328 e. The lowest BCUT2D eigenvalue weighted by atomic mass is 10.2. The van der Waals surface area contributed by atoms with Gasteiger partial charge >= 0.3 is 5.97 Å². The number of hydrogen-bond acceptors (Lipinski definition) is 7. The van der Waals surface area contributed by atoms with Crippen LogP contribution in [0.25, 0.3) is 10.6 Å². The standard InChI is InChI=1S/C20H15N3O3S2/c24-18(22-13-7-8-26-20(13)25)15-10-27-19(23-15)11-5-6-17-14(9-11)21-12-3-1-2-4-16(12)28-17/h1-6,9-10,13,21H,7-8H2,(H,22,24). The molecule has 6 nitrogen and oxygen atoms in total. The molecule has 1 aromatic heterocycles. The fraction of sp³-hybridized carbons (Fsp3) is 0.150. The van der Waals surface area contributed by atoms with Crippen molar-refractivity contribution in [2.24, 2.45) is 0 Å². The number of nitrogens with zero attached hydrogens (tertiary/aromatic N) is 1. The van der Waals surface area contributed by atoms with Gasteiger partial charge in [-0.3, -0.25) is 4.79 Å². The van der Waals surface area contributed by atoms with E-state index in [0.717, 1.165) is 26.8 Å². The molecule has 2 aliphatic heterocycles. The first-order chi connectivity index (χ1) is 13.7. The third-order valence-electron chi connectivity index (χ3n) is 4.58. The zero-order valence-electron chi connectivity index (χ0n) is 14.6. The van der Waals surface area contributed by atoms with Crippen LogP contribution < -0.4 is 10.6 Å². The first kappa shape index (κ1) is 17.3. The van der Waals surface area contributed by atoms with Gasteiger partial charge in [0.25, 0.3) is 5.91 Å². The molecule has 3 aromatic rings. The van der Waals surface area contributed by atoms with E-state index in [1.807, 2.05) is 24.3 Å². The number of fused-ring (bicyclic) bond motifs is 2. The Morgan fingerprint density at radius 1 is 1.18 bits per heavy atom. The summed E-state index contributed by atoms with van der Waals surface area (Å²) in [5.41, 5.74) is 3.36. The van der Waals surface area contributed by atoms with E-state index < -0.39 is 6.04 Å². The van der Waals surface area contributed by atoms with Gasteiger partial charge < -0.3 is 15.4 Å². The third-order valence-corrected chi connectivity index (χ3v) is 6.62. The van der Waals surface area contributed by atoms with Gasteiger partial charge in [-0.15, -0.1) is 11.3 Å². The first-order valence-corrected chi connectivity index (χ1v) is 10.5. The first-order valence-electron chi connectivity index (χ1n) is 8.79. The van der Waals surface area contributed by atoms with E-state index >= 15 is 0 Å². The number of amides is 1. The summed E-state index contributed by atoms with van der Waals surface area (Å²) in [5, 5.41) is 8.61. The Hall–Kier alpha value is -2.84. The molecule has 2 aromatic carbocycles. The number of thiazole rings is 1. The van der Waals surface area contributed by atoms with Gasteiger partial charge in [0, 0.05) is 27.2 Å². The van der Waals surface area contributed by atoms with E-state index in [2.05, 4.69) is 33.8 Å². The highest BCUT2D eigenvalue weighted by Gasteiger charge is 2.29. The molecule has 0 radical (unpaired) electrons. The highest BCUT2D eigenvalue weighted by Crippen LogP contribution is 2.45. The molecule has 1 unspecified atom stereocenters. The van der Waals surface area contributed by atoms with Crippen molar-refractivity contribution in [2.75, 3.05) is 11.9 Å². The fourth-order valence-corrected chi connectivity index (χ4v) is 4.91. The van der Waals surface area contributed by atoms with E-state index in [0.29, 0.717) is 18.7 Å². The van der Waals surface area contributed by atoms with Gasteiger partial charge in [0.05, 0.1) is 18.0 Å². The summed E-state index contributed by atoms with van der Waals surface area (Å²) in [4.78, 5) is 30.7. The zero-order chi connectivity index (χ0) is 19.1. The highest BCUT2D eigenvalue weighted by atomic mass is 32.2. The van der Waals surface area contributed by atoms with Crippen LogP contribution in [-0.2, 0) is 9.53 Å². The number of rotatable bonds is 3. The fourth-order valence-electron chi connectivity index (χ4n) is 3.14. The number of para-hydroxylation sites is 1. The number of cyclic esters (lactones) is 1. The molecule has 0 saturated carbocycles. The number of ether oxygens (including phenoxy) is 1. The van der Waals surface area contributed by atoms with Crippen molar-refractivity contribution in [1.82, 2.24) is 10.3 Å². The number of anilines is 2. The summed E-state index contributed by atoms with van der Waals surface area (Å²) in [6.45, 7) is 0.343. The van der Waals surface area contributed by atoms with Crippen molar-refractivity contribution >= 4 is 46.3 Å². The van der Waals surface area contributed by atoms with E-state index in [9.17, 15) is 9.59 Å². The Bertz CT molecular complexity index is 1100. The number of esters is 1. The predicted molar refractivity (Wildman–Crippen MR) is 108 cm³/mol. The van der Waals surface area contributed by atoms with Crippen LogP contribution in [0.1, 0.15) is 16.9 Å². The van der Waals surface area contributed by atoms with Crippen molar-refractivity contribution in [3.63, 3.8) is 0 Å². The number of aromatic nitrogens is 1. The van der Waals surface area contributed by atoms with Crippen molar-refractivity contribution in [1.29, 1.82) is 0 Å². The molecule has 3 heterocycles. The number of benzene rings is 2. The molecule has 2 N–H and O–H groups in total. The molecule has 0 bridgehead atoms. The van der Waals surface area contributed by atoms with E-state index in [1.165, 1.54) is 16.2 Å². The van der Waals surface area contributed by atoms with Gasteiger partial charge in [-0.05, 0) is 24.3 Å². The quantitative estimate of drug-likeness (QED) is 0.497. The van der Waals surface area contributed by atoms with Gasteiger partial charge in [0.15, 0.2) is 0 Å². The van der Waals surface area contributed by atoms with Crippen LogP contribution in [0.2, 0.25) is 0 Å². The van der Waals surface area contributed by atoms with Gasteiger partial charge in [0.2, 0.25) is 0 Å². The second kappa shape index (κ2) is 6.96. The molecular formula is C20H15N3O3S2. The number of nitrogens with one attached hydrogen (secondary N) is 2. The minimum absolute atomic E-state index is 0.310. The van der Waals surface area contributed by atoms with Gasteiger partial charge in [-0.25, -0.2) is 9.78 Å². The number of hydrogen-bond donors (Lipinski definition) is 2. The maximum absolute atomic E-state index is 12.4. The van der Waals surface area contributed by atoms with Crippen LogP contribution in [0, 0.1) is 0 Å². The lowest BCUT2D eigenvalue weighted by Gasteiger charge is -2.21. The normalized spacial score (nSPS) is 17.3. The van der Waals surface area contributed by atoms with Crippen LogP contribution in [0.15, 0.2) is 57.6 Å². The van der Waals surface area contributed by atoms with Crippen LogP contribution in [0.3, 0.4) is 0 Å². The maximum atomic E-state index is 12.4. The molecule has 1 amide bonds. The molecule has 1 saturated heterocycles. The Labute approximate surface area is 169 Å². The summed E-state index contributed by atoms with van der Waals surface area (Å²) in [6.07, 6.45) is 0.497. The number of carbonyl (C=O) groups excluding carboxylic acids is 2. The summed E-state index contributed by atoms with van der Waals surface area (Å²) in [6, 6.07) is 13.7. The van der Waals surface area contributed by atoms with E-state index in [4.69, 9.17) is 4.74 Å². The monoisotopic (exact) mass is 409 g/mol. The van der Waals surface area contributed by atoms with Crippen LogP contribution in [0.4, 0.5) is 11.4 Å². The van der Waals surface area contributed by atoms with Crippen LogP contribution in [0.5, 0.6) is 0 Å². The summed E-state index contributed by atoms with van der Waals surface area (Å²) in [7, 11) is 0. The average molecular weight is 409 g/mol. The van der Waals surface area contributed by atoms with Gasteiger partial charge in [-0.1, -0.05) is 30.0 Å².